The largest absolute Gasteiger partial charge is 0.491 e. The Kier molecular flexibility index (Phi) is 7.99. The van der Waals surface area contributed by atoms with E-state index in [-0.39, 0.29) is 24.4 Å². The minimum atomic E-state index is -3.62. The zero-order valence-electron chi connectivity index (χ0n) is 20.1. The van der Waals surface area contributed by atoms with Crippen molar-refractivity contribution in [3.63, 3.8) is 0 Å². The Morgan fingerprint density at radius 1 is 0.912 bits per heavy atom. The number of carbonyl (C=O) groups excluding carboxylic acids is 1. The topological polar surface area (TPSA) is 75.7 Å². The predicted octanol–water partition coefficient (Wildman–Crippen LogP) is 4.76. The van der Waals surface area contributed by atoms with E-state index in [1.807, 2.05) is 54.6 Å². The van der Waals surface area contributed by atoms with E-state index < -0.39 is 10.0 Å². The van der Waals surface area contributed by atoms with Crippen LogP contribution in [0.2, 0.25) is 0 Å². The summed E-state index contributed by atoms with van der Waals surface area (Å²) in [5, 5.41) is 2.85. The van der Waals surface area contributed by atoms with Gasteiger partial charge in [-0.25, -0.2) is 8.42 Å². The fraction of sp³-hybridized carbons (Fsp3) is 0.296. The van der Waals surface area contributed by atoms with Gasteiger partial charge in [0.05, 0.1) is 30.6 Å². The van der Waals surface area contributed by atoms with E-state index in [9.17, 15) is 13.2 Å². The van der Waals surface area contributed by atoms with Gasteiger partial charge >= 0.3 is 0 Å². The van der Waals surface area contributed by atoms with E-state index in [4.69, 9.17) is 4.74 Å². The lowest BCUT2D eigenvalue weighted by molar-refractivity contribution is 0.0947. The summed E-state index contributed by atoms with van der Waals surface area (Å²) in [4.78, 5) is 13.0. The molecule has 0 spiro atoms. The highest BCUT2D eigenvalue weighted by Gasteiger charge is 2.23. The molecule has 0 aliphatic rings. The molecule has 6 nitrogen and oxygen atoms in total. The van der Waals surface area contributed by atoms with Gasteiger partial charge in [-0.2, -0.15) is 0 Å². The molecule has 180 valence electrons. The lowest BCUT2D eigenvalue weighted by Gasteiger charge is -2.25. The van der Waals surface area contributed by atoms with Crippen LogP contribution in [-0.4, -0.2) is 33.7 Å². The first-order valence-corrected chi connectivity index (χ1v) is 13.0. The Morgan fingerprint density at radius 2 is 1.53 bits per heavy atom. The summed E-state index contributed by atoms with van der Waals surface area (Å²) in [6.07, 6.45) is 1.14. The molecule has 34 heavy (non-hydrogen) atoms. The summed E-state index contributed by atoms with van der Waals surface area (Å²) in [5.74, 6) is 0.431. The van der Waals surface area contributed by atoms with Gasteiger partial charge in [0.2, 0.25) is 10.0 Å². The van der Waals surface area contributed by atoms with Crippen LogP contribution in [0.5, 0.6) is 5.75 Å². The standard InChI is InChI=1S/C27H32N2O4S/c1-27(2,3)23-15-9-11-17-25(23)33-19-18-28-26(30)22-14-8-10-16-24(22)29(34(4,31)32)20-21-12-6-5-7-13-21/h5-17H,18-20H2,1-4H3,(H,28,30). The molecule has 0 atom stereocenters. The minimum Gasteiger partial charge on any atom is -0.491 e. The van der Waals surface area contributed by atoms with Crippen molar-refractivity contribution in [2.45, 2.75) is 32.7 Å². The number of hydrogen-bond donors (Lipinski definition) is 1. The van der Waals surface area contributed by atoms with Crippen molar-refractivity contribution in [2.75, 3.05) is 23.7 Å². The van der Waals surface area contributed by atoms with E-state index in [1.165, 1.54) is 4.31 Å². The van der Waals surface area contributed by atoms with Gasteiger partial charge < -0.3 is 10.1 Å². The molecule has 0 radical (unpaired) electrons. The number of para-hydroxylation sites is 2. The van der Waals surface area contributed by atoms with Gasteiger partial charge in [0.1, 0.15) is 12.4 Å². The van der Waals surface area contributed by atoms with Crippen LogP contribution in [0.4, 0.5) is 5.69 Å². The van der Waals surface area contributed by atoms with E-state index in [0.717, 1.165) is 23.1 Å². The first kappa shape index (κ1) is 25.3. The third kappa shape index (κ3) is 6.60. The average Bonchev–Trinajstić information content (AvgIpc) is 2.80. The van der Waals surface area contributed by atoms with Crippen LogP contribution in [-0.2, 0) is 22.0 Å². The highest BCUT2D eigenvalue weighted by atomic mass is 32.2. The molecule has 1 amide bonds. The van der Waals surface area contributed by atoms with Crippen LogP contribution in [0.25, 0.3) is 0 Å². The zero-order valence-corrected chi connectivity index (χ0v) is 20.9. The number of rotatable bonds is 9. The molecule has 0 bridgehead atoms. The molecule has 0 aliphatic heterocycles. The quantitative estimate of drug-likeness (QED) is 0.448. The zero-order chi connectivity index (χ0) is 24.8. The van der Waals surface area contributed by atoms with Crippen molar-refractivity contribution >= 4 is 21.6 Å². The number of sulfonamides is 1. The summed E-state index contributed by atoms with van der Waals surface area (Å²) in [6.45, 7) is 7.07. The molecular formula is C27H32N2O4S. The molecule has 3 aromatic rings. The van der Waals surface area contributed by atoms with Gasteiger partial charge in [-0.1, -0.05) is 81.4 Å². The highest BCUT2D eigenvalue weighted by molar-refractivity contribution is 7.92. The number of hydrogen-bond acceptors (Lipinski definition) is 4. The summed E-state index contributed by atoms with van der Waals surface area (Å²) in [6, 6.07) is 23.9. The monoisotopic (exact) mass is 480 g/mol. The number of ether oxygens (including phenoxy) is 1. The second-order valence-corrected chi connectivity index (χ2v) is 11.0. The van der Waals surface area contributed by atoms with Crippen LogP contribution in [0.1, 0.15) is 42.3 Å². The van der Waals surface area contributed by atoms with Crippen LogP contribution >= 0.6 is 0 Å². The molecule has 0 unspecified atom stereocenters. The molecule has 0 heterocycles. The number of amides is 1. The van der Waals surface area contributed by atoms with Crippen molar-refractivity contribution in [3.8, 4) is 5.75 Å². The molecule has 0 fully saturated rings. The van der Waals surface area contributed by atoms with Crippen molar-refractivity contribution in [1.82, 2.24) is 5.32 Å². The smallest absolute Gasteiger partial charge is 0.253 e. The van der Waals surface area contributed by atoms with Crippen molar-refractivity contribution in [2.24, 2.45) is 0 Å². The van der Waals surface area contributed by atoms with Gasteiger partial charge in [-0.3, -0.25) is 9.10 Å². The van der Waals surface area contributed by atoms with Crippen molar-refractivity contribution in [3.05, 3.63) is 95.6 Å². The van der Waals surface area contributed by atoms with Gasteiger partial charge in [0.15, 0.2) is 0 Å². The van der Waals surface area contributed by atoms with Crippen LogP contribution in [0.15, 0.2) is 78.9 Å². The van der Waals surface area contributed by atoms with E-state index in [0.29, 0.717) is 17.9 Å². The van der Waals surface area contributed by atoms with Gasteiger partial charge in [-0.15, -0.1) is 0 Å². The summed E-state index contributed by atoms with van der Waals surface area (Å²) < 4.78 is 32.4. The SMILES string of the molecule is CC(C)(C)c1ccccc1OCCNC(=O)c1ccccc1N(Cc1ccccc1)S(C)(=O)=O. The summed E-state index contributed by atoms with van der Waals surface area (Å²) in [7, 11) is -3.62. The molecule has 3 aromatic carbocycles. The number of nitrogens with zero attached hydrogens (tertiary/aromatic N) is 1. The fourth-order valence-electron chi connectivity index (χ4n) is 3.65. The third-order valence-corrected chi connectivity index (χ3v) is 6.45. The Labute approximate surface area is 202 Å². The summed E-state index contributed by atoms with van der Waals surface area (Å²) >= 11 is 0. The first-order chi connectivity index (χ1) is 16.1. The molecule has 0 saturated carbocycles. The van der Waals surface area contributed by atoms with Gasteiger partial charge in [0.25, 0.3) is 5.91 Å². The Hall–Kier alpha value is -3.32. The maximum Gasteiger partial charge on any atom is 0.253 e. The maximum atomic E-state index is 13.0. The Morgan fingerprint density at radius 3 is 2.21 bits per heavy atom. The number of anilines is 1. The van der Waals surface area contributed by atoms with Crippen molar-refractivity contribution in [1.29, 1.82) is 0 Å². The molecule has 0 aromatic heterocycles. The second-order valence-electron chi connectivity index (χ2n) is 9.12. The normalized spacial score (nSPS) is 11.6. The fourth-order valence-corrected chi connectivity index (χ4v) is 4.55. The molecule has 7 heteroatoms. The molecule has 1 N–H and O–H groups in total. The Balaban J connectivity index is 1.72. The van der Waals surface area contributed by atoms with E-state index >= 15 is 0 Å². The lowest BCUT2D eigenvalue weighted by atomic mass is 9.86. The van der Waals surface area contributed by atoms with E-state index in [2.05, 4.69) is 26.1 Å². The number of nitrogens with one attached hydrogen (secondary N) is 1. The number of benzene rings is 3. The molecule has 3 rings (SSSR count). The highest BCUT2D eigenvalue weighted by Crippen LogP contribution is 2.31. The van der Waals surface area contributed by atoms with Crippen LogP contribution in [0.3, 0.4) is 0 Å². The van der Waals surface area contributed by atoms with Crippen molar-refractivity contribution < 1.29 is 17.9 Å². The summed E-state index contributed by atoms with van der Waals surface area (Å²) in [5.41, 5.74) is 2.49. The number of carbonyl (C=O) groups is 1. The Bertz CT molecular complexity index is 1220. The maximum absolute atomic E-state index is 13.0. The minimum absolute atomic E-state index is 0.0629. The molecule has 0 aliphatic carbocycles. The molecular weight excluding hydrogens is 448 g/mol. The predicted molar refractivity (Wildman–Crippen MR) is 137 cm³/mol. The lowest BCUT2D eigenvalue weighted by Crippen LogP contribution is -2.33. The van der Waals surface area contributed by atoms with Gasteiger partial charge in [-0.05, 0) is 34.7 Å². The van der Waals surface area contributed by atoms with Crippen LogP contribution < -0.4 is 14.4 Å². The first-order valence-electron chi connectivity index (χ1n) is 11.2. The molecule has 0 saturated heterocycles. The van der Waals surface area contributed by atoms with Gasteiger partial charge in [0, 0.05) is 0 Å². The third-order valence-electron chi connectivity index (χ3n) is 5.33. The second kappa shape index (κ2) is 10.7. The average molecular weight is 481 g/mol. The van der Waals surface area contributed by atoms with E-state index in [1.54, 1.807) is 24.3 Å². The van der Waals surface area contributed by atoms with Crippen LogP contribution in [0, 0.1) is 0 Å².